The number of hydrogen-bond acceptors (Lipinski definition) is 6. The number of benzene rings is 2. The highest BCUT2D eigenvalue weighted by Crippen LogP contribution is 2.62. The summed E-state index contributed by atoms with van der Waals surface area (Å²) in [6.45, 7) is 12.7. The van der Waals surface area contributed by atoms with Crippen molar-refractivity contribution >= 4 is 30.6 Å². The van der Waals surface area contributed by atoms with Gasteiger partial charge in [0.25, 0.3) is 5.63 Å². The van der Waals surface area contributed by atoms with Crippen molar-refractivity contribution in [1.29, 1.82) is 0 Å². The van der Waals surface area contributed by atoms with Gasteiger partial charge in [-0.1, -0.05) is 29.8 Å². The van der Waals surface area contributed by atoms with Crippen LogP contribution < -0.4 is 15.0 Å². The van der Waals surface area contributed by atoms with Gasteiger partial charge < -0.3 is 24.0 Å². The van der Waals surface area contributed by atoms with E-state index in [9.17, 15) is 17.7 Å². The summed E-state index contributed by atoms with van der Waals surface area (Å²) in [6.07, 6.45) is -5.07. The Hall–Kier alpha value is -1.93. The van der Waals surface area contributed by atoms with Gasteiger partial charge in [-0.25, -0.2) is 4.39 Å². The summed E-state index contributed by atoms with van der Waals surface area (Å²) in [6, 6.07) is 12.9. The van der Waals surface area contributed by atoms with Gasteiger partial charge in [-0.2, -0.15) is 8.78 Å². The minimum absolute atomic E-state index is 0.283. The Morgan fingerprint density at radius 3 is 2.03 bits per heavy atom. The lowest BCUT2D eigenvalue weighted by Crippen LogP contribution is -2.32. The maximum atomic E-state index is 14.1. The highest BCUT2D eigenvalue weighted by Gasteiger charge is 2.42. The summed E-state index contributed by atoms with van der Waals surface area (Å²) in [7, 11) is -3.85. The summed E-state index contributed by atoms with van der Waals surface area (Å²) >= 11 is 4.91. The van der Waals surface area contributed by atoms with Crippen LogP contribution in [0.3, 0.4) is 0 Å². The van der Waals surface area contributed by atoms with Gasteiger partial charge in [0.05, 0.1) is 12.2 Å². The molecule has 0 fully saturated rings. The predicted octanol–water partition coefficient (Wildman–Crippen LogP) is 8.19. The number of hydrogen-bond donors (Lipinski definition) is 1. The van der Waals surface area contributed by atoms with Crippen LogP contribution in [0, 0.1) is 0 Å². The van der Waals surface area contributed by atoms with Crippen LogP contribution in [0.25, 0.3) is 0 Å². The SMILES string of the molecule is CCN(CC)c1ccc(C(Nc2cccc(OC(F)(F)C(F)Cl)c2)P(=O)(OC(C)C)OC(C)C)cc1. The first-order chi connectivity index (χ1) is 16.8. The molecule has 2 unspecified atom stereocenters. The molecule has 2 aromatic carbocycles. The van der Waals surface area contributed by atoms with Crippen LogP contribution in [-0.4, -0.2) is 37.0 Å². The zero-order chi connectivity index (χ0) is 27.1. The normalized spacial score (nSPS) is 14.1. The number of nitrogens with one attached hydrogen (secondary N) is 1. The average Bonchev–Trinajstić information content (AvgIpc) is 2.77. The van der Waals surface area contributed by atoms with Gasteiger partial charge in [0.15, 0.2) is 5.78 Å². The maximum absolute atomic E-state index is 14.1. The number of nitrogens with zero attached hydrogens (tertiary/aromatic N) is 1. The molecule has 0 aliphatic carbocycles. The van der Waals surface area contributed by atoms with Crippen molar-refractivity contribution in [3.8, 4) is 5.75 Å². The second-order valence-electron chi connectivity index (χ2n) is 8.65. The van der Waals surface area contributed by atoms with E-state index in [0.717, 1.165) is 18.8 Å². The Bertz CT molecular complexity index is 991. The Morgan fingerprint density at radius 1 is 1.00 bits per heavy atom. The zero-order valence-corrected chi connectivity index (χ0v) is 23.0. The lowest BCUT2D eigenvalue weighted by atomic mass is 10.1. The molecule has 0 aliphatic rings. The molecule has 36 heavy (non-hydrogen) atoms. The lowest BCUT2D eigenvalue weighted by Gasteiger charge is -2.32. The minimum Gasteiger partial charge on any atom is -0.429 e. The first-order valence-corrected chi connectivity index (χ1v) is 13.9. The molecule has 0 bridgehead atoms. The van der Waals surface area contributed by atoms with Crippen LogP contribution in [0.2, 0.25) is 0 Å². The molecule has 2 rings (SSSR count). The number of anilines is 2. The molecule has 0 heterocycles. The largest absolute Gasteiger partial charge is 0.444 e. The van der Waals surface area contributed by atoms with Crippen molar-refractivity contribution in [3.05, 3.63) is 54.1 Å². The van der Waals surface area contributed by atoms with Crippen molar-refractivity contribution in [1.82, 2.24) is 0 Å². The zero-order valence-electron chi connectivity index (χ0n) is 21.4. The van der Waals surface area contributed by atoms with E-state index in [1.807, 2.05) is 24.3 Å². The third kappa shape index (κ3) is 8.30. The van der Waals surface area contributed by atoms with Crippen molar-refractivity contribution in [2.24, 2.45) is 0 Å². The minimum atomic E-state index is -4.23. The molecule has 0 aromatic heterocycles. The van der Waals surface area contributed by atoms with Gasteiger partial charge in [0.1, 0.15) is 5.75 Å². The van der Waals surface area contributed by atoms with E-state index in [1.165, 1.54) is 18.2 Å². The molecule has 6 nitrogen and oxygen atoms in total. The Labute approximate surface area is 216 Å². The molecule has 0 aliphatic heterocycles. The average molecular weight is 551 g/mol. The molecule has 0 saturated heterocycles. The van der Waals surface area contributed by atoms with E-state index in [0.29, 0.717) is 5.56 Å². The quantitative estimate of drug-likeness (QED) is 0.189. The number of halogens is 4. The van der Waals surface area contributed by atoms with Crippen molar-refractivity contribution < 1.29 is 31.5 Å². The maximum Gasteiger partial charge on any atom is 0.444 e. The first kappa shape index (κ1) is 30.3. The Balaban J connectivity index is 2.51. The Morgan fingerprint density at radius 2 is 1.56 bits per heavy atom. The third-order valence-corrected chi connectivity index (χ3v) is 7.76. The highest BCUT2D eigenvalue weighted by atomic mass is 35.5. The van der Waals surface area contributed by atoms with E-state index < -0.39 is 37.3 Å². The fourth-order valence-corrected chi connectivity index (χ4v) is 5.90. The predicted molar refractivity (Wildman–Crippen MR) is 139 cm³/mol. The monoisotopic (exact) mass is 550 g/mol. The fourth-order valence-electron chi connectivity index (χ4n) is 3.54. The van der Waals surface area contributed by atoms with Gasteiger partial charge in [0, 0.05) is 30.5 Å². The number of ether oxygens (including phenoxy) is 1. The number of rotatable bonds is 14. The molecule has 0 saturated carbocycles. The van der Waals surface area contributed by atoms with E-state index >= 15 is 0 Å². The lowest BCUT2D eigenvalue weighted by molar-refractivity contribution is -0.199. The molecule has 11 heteroatoms. The summed E-state index contributed by atoms with van der Waals surface area (Å²) in [5, 5.41) is 3.10. The second-order valence-corrected chi connectivity index (χ2v) is 11.1. The standard InChI is InChI=1S/C25H35ClF3N2O4P/c1-7-31(8-2)21-14-12-19(13-15-21)23(36(32,34-17(3)4)35-18(5)6)30-20-10-9-11-22(16-20)33-25(28,29)24(26)27/h9-18,23-24,30H,7-8H2,1-6H3. The van der Waals surface area contributed by atoms with Crippen LogP contribution in [0.5, 0.6) is 5.75 Å². The van der Waals surface area contributed by atoms with Crippen LogP contribution in [0.1, 0.15) is 52.9 Å². The summed E-state index contributed by atoms with van der Waals surface area (Å²) in [5.41, 5.74) is -1.14. The third-order valence-electron chi connectivity index (χ3n) is 5.01. The van der Waals surface area contributed by atoms with E-state index in [1.54, 1.807) is 33.8 Å². The smallest absolute Gasteiger partial charge is 0.429 e. The molecule has 0 radical (unpaired) electrons. The Kier molecular flexibility index (Phi) is 11.0. The molecule has 2 aromatic rings. The van der Waals surface area contributed by atoms with Crippen LogP contribution >= 0.6 is 19.2 Å². The van der Waals surface area contributed by atoms with E-state index in [4.69, 9.17) is 20.6 Å². The topological polar surface area (TPSA) is 60.0 Å². The van der Waals surface area contributed by atoms with Gasteiger partial charge >= 0.3 is 13.7 Å². The van der Waals surface area contributed by atoms with Crippen LogP contribution in [-0.2, 0) is 13.6 Å². The molecule has 0 spiro atoms. The molecule has 2 atom stereocenters. The van der Waals surface area contributed by atoms with Gasteiger partial charge in [-0.05, 0) is 71.4 Å². The summed E-state index contributed by atoms with van der Waals surface area (Å²) in [5.74, 6) is -1.31. The van der Waals surface area contributed by atoms with Crippen molar-refractivity contribution in [2.45, 2.75) is 71.3 Å². The first-order valence-electron chi connectivity index (χ1n) is 11.8. The molecular weight excluding hydrogens is 516 g/mol. The van der Waals surface area contributed by atoms with Crippen LogP contribution in [0.15, 0.2) is 48.5 Å². The highest BCUT2D eigenvalue weighted by molar-refractivity contribution is 7.54. The number of alkyl halides is 4. The second kappa shape index (κ2) is 13.0. The van der Waals surface area contributed by atoms with Gasteiger partial charge in [-0.15, -0.1) is 0 Å². The summed E-state index contributed by atoms with van der Waals surface area (Å²) in [4.78, 5) is 2.16. The molecule has 1 N–H and O–H groups in total. The van der Waals surface area contributed by atoms with Crippen molar-refractivity contribution in [3.63, 3.8) is 0 Å². The van der Waals surface area contributed by atoms with Crippen molar-refractivity contribution in [2.75, 3.05) is 23.3 Å². The summed E-state index contributed by atoms with van der Waals surface area (Å²) < 4.78 is 70.7. The fraction of sp³-hybridized carbons (Fsp3) is 0.520. The molecule has 0 amide bonds. The van der Waals surface area contributed by atoms with Gasteiger partial charge in [0.2, 0.25) is 0 Å². The molecular formula is C25H35ClF3N2O4P. The molecule has 202 valence electrons. The van der Waals surface area contributed by atoms with Gasteiger partial charge in [-0.3, -0.25) is 4.57 Å². The van der Waals surface area contributed by atoms with E-state index in [2.05, 4.69) is 28.8 Å². The van der Waals surface area contributed by atoms with Crippen LogP contribution in [0.4, 0.5) is 24.5 Å². The van der Waals surface area contributed by atoms with E-state index in [-0.39, 0.29) is 11.4 Å².